The number of carbonyl (C=O) groups excluding carboxylic acids is 1. The molecule has 0 saturated carbocycles. The number of rotatable bonds is 5. The number of aliphatic hydroxyl groups is 1. The van der Waals surface area contributed by atoms with Gasteiger partial charge in [-0.25, -0.2) is 0 Å². The highest BCUT2D eigenvalue weighted by Crippen LogP contribution is 2.27. The lowest BCUT2D eigenvalue weighted by molar-refractivity contribution is -0.116. The number of carbonyl (C=O) groups is 1. The maximum atomic E-state index is 11.4. The Morgan fingerprint density at radius 1 is 1.35 bits per heavy atom. The van der Waals surface area contributed by atoms with Gasteiger partial charge in [0.1, 0.15) is 5.76 Å². The van der Waals surface area contributed by atoms with Crippen molar-refractivity contribution >= 4 is 12.1 Å². The van der Waals surface area contributed by atoms with Crippen molar-refractivity contribution in [2.45, 2.75) is 6.54 Å². The molecule has 106 valence electrons. The van der Waals surface area contributed by atoms with Gasteiger partial charge in [0.05, 0.1) is 32.9 Å². The van der Waals surface area contributed by atoms with E-state index in [1.54, 1.807) is 20.3 Å². The summed E-state index contributed by atoms with van der Waals surface area (Å²) >= 11 is 0. The van der Waals surface area contributed by atoms with Crippen molar-refractivity contribution in [2.75, 3.05) is 20.8 Å². The van der Waals surface area contributed by atoms with E-state index < -0.39 is 0 Å². The molecule has 0 aromatic heterocycles. The molecule has 2 rings (SSSR count). The Balaban J connectivity index is 2.08. The molecule has 0 fully saturated rings. The summed E-state index contributed by atoms with van der Waals surface area (Å²) in [7, 11) is 3.14. The van der Waals surface area contributed by atoms with Gasteiger partial charge in [0.2, 0.25) is 0 Å². The van der Waals surface area contributed by atoms with Crippen LogP contribution in [0.25, 0.3) is 0 Å². The van der Waals surface area contributed by atoms with Crippen LogP contribution in [0.1, 0.15) is 5.56 Å². The van der Waals surface area contributed by atoms with Crippen LogP contribution in [0.5, 0.6) is 11.5 Å². The maximum absolute atomic E-state index is 11.4. The van der Waals surface area contributed by atoms with E-state index in [-0.39, 0.29) is 23.8 Å². The van der Waals surface area contributed by atoms with Crippen LogP contribution in [0.15, 0.2) is 34.5 Å². The van der Waals surface area contributed by atoms with Crippen molar-refractivity contribution in [1.82, 2.24) is 5.32 Å². The van der Waals surface area contributed by atoms with Gasteiger partial charge in [-0.15, -0.1) is 0 Å². The molecular weight excluding hydrogens is 260 g/mol. The largest absolute Gasteiger partial charge is 0.510 e. The van der Waals surface area contributed by atoms with E-state index in [1.807, 2.05) is 12.1 Å². The Morgan fingerprint density at radius 3 is 2.70 bits per heavy atom. The Kier molecular flexibility index (Phi) is 4.24. The number of aliphatic imine (C=N–C) groups is 1. The van der Waals surface area contributed by atoms with E-state index in [0.717, 1.165) is 5.56 Å². The number of hydrogen-bond acceptors (Lipinski definition) is 5. The number of nitrogens with zero attached hydrogens (tertiary/aromatic N) is 1. The Morgan fingerprint density at radius 2 is 2.10 bits per heavy atom. The summed E-state index contributed by atoms with van der Waals surface area (Å²) in [5.74, 6) is 0.987. The van der Waals surface area contributed by atoms with Crippen molar-refractivity contribution in [3.63, 3.8) is 0 Å². The predicted octanol–water partition coefficient (Wildman–Crippen LogP) is 1.22. The summed E-state index contributed by atoms with van der Waals surface area (Å²) in [6, 6.07) is 5.48. The molecule has 0 unspecified atom stereocenters. The highest BCUT2D eigenvalue weighted by Gasteiger charge is 2.19. The summed E-state index contributed by atoms with van der Waals surface area (Å²) in [5.41, 5.74) is 1.13. The minimum absolute atomic E-state index is 0.0195. The van der Waals surface area contributed by atoms with Crippen molar-refractivity contribution in [1.29, 1.82) is 0 Å². The van der Waals surface area contributed by atoms with Crippen LogP contribution >= 0.6 is 0 Å². The van der Waals surface area contributed by atoms with Gasteiger partial charge < -0.3 is 19.9 Å². The van der Waals surface area contributed by atoms with E-state index in [1.165, 1.54) is 6.21 Å². The average Bonchev–Trinajstić information content (AvgIpc) is 2.78. The summed E-state index contributed by atoms with van der Waals surface area (Å²) in [5, 5.41) is 12.0. The van der Waals surface area contributed by atoms with Crippen molar-refractivity contribution in [2.24, 2.45) is 4.99 Å². The number of amides is 1. The third-order valence-electron chi connectivity index (χ3n) is 2.91. The molecule has 6 heteroatoms. The lowest BCUT2D eigenvalue weighted by atomic mass is 10.2. The number of hydrogen-bond donors (Lipinski definition) is 2. The van der Waals surface area contributed by atoms with Crippen molar-refractivity contribution < 1.29 is 19.4 Å². The topological polar surface area (TPSA) is 80.2 Å². The first-order valence-corrected chi connectivity index (χ1v) is 6.06. The molecule has 1 heterocycles. The highest BCUT2D eigenvalue weighted by molar-refractivity contribution is 6.14. The monoisotopic (exact) mass is 276 g/mol. The van der Waals surface area contributed by atoms with E-state index in [2.05, 4.69) is 10.3 Å². The van der Waals surface area contributed by atoms with Crippen LogP contribution in [0.2, 0.25) is 0 Å². The third-order valence-corrected chi connectivity index (χ3v) is 2.91. The molecule has 20 heavy (non-hydrogen) atoms. The van der Waals surface area contributed by atoms with Gasteiger partial charge in [0, 0.05) is 6.21 Å². The van der Waals surface area contributed by atoms with Gasteiger partial charge in [-0.1, -0.05) is 6.07 Å². The SMILES string of the molecule is COc1ccc(CN=CC2=C(O)CNC2=O)cc1OC. The number of ether oxygens (including phenoxy) is 2. The van der Waals surface area contributed by atoms with Gasteiger partial charge in [-0.05, 0) is 17.7 Å². The van der Waals surface area contributed by atoms with Crippen LogP contribution < -0.4 is 14.8 Å². The lowest BCUT2D eigenvalue weighted by Gasteiger charge is -2.08. The Bertz CT molecular complexity index is 579. The fourth-order valence-corrected chi connectivity index (χ4v) is 1.84. The summed E-state index contributed by atoms with van der Waals surface area (Å²) in [6.07, 6.45) is 1.38. The molecule has 1 aromatic rings. The number of benzene rings is 1. The average molecular weight is 276 g/mol. The van der Waals surface area contributed by atoms with Gasteiger partial charge in [-0.2, -0.15) is 0 Å². The second-order valence-electron chi connectivity index (χ2n) is 4.20. The zero-order valence-electron chi connectivity index (χ0n) is 11.3. The zero-order chi connectivity index (χ0) is 14.5. The van der Waals surface area contributed by atoms with E-state index >= 15 is 0 Å². The molecule has 6 nitrogen and oxygen atoms in total. The molecule has 0 radical (unpaired) electrons. The van der Waals surface area contributed by atoms with Crippen LogP contribution in [-0.4, -0.2) is 38.0 Å². The molecule has 1 aliphatic rings. The molecule has 0 saturated heterocycles. The third kappa shape index (κ3) is 2.90. The first-order valence-electron chi connectivity index (χ1n) is 6.06. The predicted molar refractivity (Wildman–Crippen MR) is 74.4 cm³/mol. The molecule has 0 aliphatic carbocycles. The molecule has 1 amide bonds. The van der Waals surface area contributed by atoms with Gasteiger partial charge in [-0.3, -0.25) is 9.79 Å². The van der Waals surface area contributed by atoms with Crippen LogP contribution in [0, 0.1) is 0 Å². The van der Waals surface area contributed by atoms with Crippen molar-refractivity contribution in [3.8, 4) is 11.5 Å². The van der Waals surface area contributed by atoms with Crippen molar-refractivity contribution in [3.05, 3.63) is 35.1 Å². The van der Waals surface area contributed by atoms with Gasteiger partial charge in [0.25, 0.3) is 5.91 Å². The fraction of sp³-hybridized carbons (Fsp3) is 0.286. The molecule has 1 aromatic carbocycles. The van der Waals surface area contributed by atoms with Crippen LogP contribution in [0.4, 0.5) is 0 Å². The smallest absolute Gasteiger partial charge is 0.256 e. The quantitative estimate of drug-likeness (QED) is 0.792. The Labute approximate surface area is 116 Å². The molecule has 1 aliphatic heterocycles. The maximum Gasteiger partial charge on any atom is 0.256 e. The minimum Gasteiger partial charge on any atom is -0.510 e. The van der Waals surface area contributed by atoms with Crippen LogP contribution in [0.3, 0.4) is 0 Å². The lowest BCUT2D eigenvalue weighted by Crippen LogP contribution is -2.17. The number of methoxy groups -OCH3 is 2. The first kappa shape index (κ1) is 13.9. The zero-order valence-corrected chi connectivity index (χ0v) is 11.3. The van der Waals surface area contributed by atoms with E-state index in [4.69, 9.17) is 9.47 Å². The molecule has 0 spiro atoms. The van der Waals surface area contributed by atoms with Crippen LogP contribution in [-0.2, 0) is 11.3 Å². The number of aliphatic hydroxyl groups excluding tert-OH is 1. The molecular formula is C14H16N2O4. The fourth-order valence-electron chi connectivity index (χ4n) is 1.84. The normalized spacial score (nSPS) is 14.8. The highest BCUT2D eigenvalue weighted by atomic mass is 16.5. The molecule has 0 bridgehead atoms. The first-order chi connectivity index (χ1) is 9.65. The Hall–Kier alpha value is -2.50. The van der Waals surface area contributed by atoms with E-state index in [0.29, 0.717) is 18.0 Å². The minimum atomic E-state index is -0.307. The number of nitrogens with one attached hydrogen (secondary N) is 1. The van der Waals surface area contributed by atoms with E-state index in [9.17, 15) is 9.90 Å². The molecule has 2 N–H and O–H groups in total. The molecule has 0 atom stereocenters. The summed E-state index contributed by atoms with van der Waals surface area (Å²) in [4.78, 5) is 15.5. The second kappa shape index (κ2) is 6.10. The summed E-state index contributed by atoms with van der Waals surface area (Å²) in [6.45, 7) is 0.543. The second-order valence-corrected chi connectivity index (χ2v) is 4.20. The standard InChI is InChI=1S/C14H16N2O4/c1-19-12-4-3-9(5-13(12)20-2)6-15-7-10-11(17)8-16-14(10)18/h3-5,7,17H,6,8H2,1-2H3,(H,16,18). The van der Waals surface area contributed by atoms with Gasteiger partial charge >= 0.3 is 0 Å². The summed E-state index contributed by atoms with van der Waals surface area (Å²) < 4.78 is 10.3. The van der Waals surface area contributed by atoms with Gasteiger partial charge in [0.15, 0.2) is 11.5 Å².